The topological polar surface area (TPSA) is 157 Å². The third-order valence-corrected chi connectivity index (χ3v) is 7.48. The molecule has 0 saturated heterocycles. The third kappa shape index (κ3) is 7.38. The first-order chi connectivity index (χ1) is 18.8. The number of rotatable bonds is 10. The van der Waals surface area contributed by atoms with Gasteiger partial charge in [0, 0.05) is 12.6 Å². The highest BCUT2D eigenvalue weighted by Gasteiger charge is 2.30. The van der Waals surface area contributed by atoms with Gasteiger partial charge in [0.2, 0.25) is 5.91 Å². The Bertz CT molecular complexity index is 1520. The summed E-state index contributed by atoms with van der Waals surface area (Å²) >= 11 is 0. The number of carbonyl (C=O) groups is 2. The molecule has 0 radical (unpaired) electrons. The van der Waals surface area contributed by atoms with Gasteiger partial charge in [-0.15, -0.1) is 0 Å². The second-order valence-electron chi connectivity index (χ2n) is 9.43. The molecule has 0 saturated carbocycles. The number of nitrogens with two attached hydrogens (primary N) is 2. The highest BCUT2D eigenvalue weighted by atomic mass is 32.2. The van der Waals surface area contributed by atoms with Crippen LogP contribution in [0.3, 0.4) is 0 Å². The van der Waals surface area contributed by atoms with Crippen molar-refractivity contribution in [2.75, 3.05) is 16.2 Å². The molecule has 0 aliphatic heterocycles. The highest BCUT2D eigenvalue weighted by molar-refractivity contribution is 7.92. The molecule has 0 aromatic heterocycles. The van der Waals surface area contributed by atoms with Crippen LogP contribution in [0.15, 0.2) is 70.6 Å². The van der Waals surface area contributed by atoms with Crippen LogP contribution in [0, 0.1) is 20.8 Å². The summed E-state index contributed by atoms with van der Waals surface area (Å²) < 4.78 is 34.2. The van der Waals surface area contributed by atoms with Crippen LogP contribution in [0.25, 0.3) is 0 Å². The van der Waals surface area contributed by atoms with Crippen molar-refractivity contribution >= 4 is 44.9 Å². The van der Waals surface area contributed by atoms with Gasteiger partial charge >= 0.3 is 5.97 Å². The Labute approximate surface area is 235 Å². The number of aliphatic imine (C=N–C) groups is 1. The number of amides is 1. The maximum Gasteiger partial charge on any atom is 0.308 e. The summed E-state index contributed by atoms with van der Waals surface area (Å²) in [6.07, 6.45) is -0.128. The number of ether oxygens (including phenoxy) is 1. The normalized spacial score (nSPS) is 11.8. The number of esters is 1. The van der Waals surface area contributed by atoms with E-state index in [0.29, 0.717) is 11.3 Å². The fraction of sp³-hybridized carbons (Fsp3) is 0.276. The van der Waals surface area contributed by atoms with Crippen molar-refractivity contribution in [1.82, 2.24) is 0 Å². The summed E-state index contributed by atoms with van der Waals surface area (Å²) in [4.78, 5) is 31.3. The van der Waals surface area contributed by atoms with E-state index in [9.17, 15) is 18.0 Å². The number of hydrogen-bond acceptors (Lipinski definition) is 6. The van der Waals surface area contributed by atoms with Gasteiger partial charge in [0.15, 0.2) is 5.96 Å². The van der Waals surface area contributed by atoms with E-state index in [4.69, 9.17) is 16.2 Å². The number of nitrogens with zero attached hydrogens (tertiary/aromatic N) is 2. The Morgan fingerprint density at radius 1 is 1.00 bits per heavy atom. The van der Waals surface area contributed by atoms with Crippen molar-refractivity contribution in [3.63, 3.8) is 0 Å². The van der Waals surface area contributed by atoms with Crippen LogP contribution in [-0.2, 0) is 24.3 Å². The molecule has 1 atom stereocenters. The average molecular weight is 566 g/mol. The maximum absolute atomic E-state index is 13.2. The first-order valence-corrected chi connectivity index (χ1v) is 14.2. The molecule has 3 aromatic rings. The van der Waals surface area contributed by atoms with Crippen LogP contribution in [0.4, 0.5) is 17.1 Å². The molecule has 0 bridgehead atoms. The fourth-order valence-electron chi connectivity index (χ4n) is 4.71. The standard InChI is InChI=1S/C29H35N5O5S/c1-6-39-27(36)17-26(34(21(5)35)28-19(3)13-18(2)14-20(28)4)22-9-7-11-24(15-22)33-40(37,38)25-12-8-10-23(16-25)32-29(30)31/h7-16,26,33H,6,17H2,1-5H3,(H4,30,31,32). The van der Waals surface area contributed by atoms with Gasteiger partial charge in [-0.05, 0) is 74.7 Å². The Balaban J connectivity index is 2.08. The second-order valence-corrected chi connectivity index (χ2v) is 11.1. The molecule has 0 aliphatic rings. The number of nitrogens with one attached hydrogen (secondary N) is 1. The predicted octanol–water partition coefficient (Wildman–Crippen LogP) is 4.36. The number of anilines is 2. The van der Waals surface area contributed by atoms with Crippen LogP contribution in [0.2, 0.25) is 0 Å². The van der Waals surface area contributed by atoms with Gasteiger partial charge in [0.1, 0.15) is 0 Å². The van der Waals surface area contributed by atoms with Gasteiger partial charge in [0.05, 0.1) is 35.3 Å². The van der Waals surface area contributed by atoms with Crippen molar-refractivity contribution in [1.29, 1.82) is 0 Å². The number of aryl methyl sites for hydroxylation is 3. The van der Waals surface area contributed by atoms with Gasteiger partial charge in [-0.3, -0.25) is 14.3 Å². The quantitative estimate of drug-likeness (QED) is 0.187. The third-order valence-electron chi connectivity index (χ3n) is 6.10. The van der Waals surface area contributed by atoms with Crippen molar-refractivity contribution in [3.05, 3.63) is 82.9 Å². The summed E-state index contributed by atoms with van der Waals surface area (Å²) in [6.45, 7) is 9.13. The summed E-state index contributed by atoms with van der Waals surface area (Å²) in [6, 6.07) is 15.7. The molecule has 5 N–H and O–H groups in total. The molecule has 212 valence electrons. The van der Waals surface area contributed by atoms with Crippen molar-refractivity contribution in [3.8, 4) is 0 Å². The number of sulfonamides is 1. The SMILES string of the molecule is CCOC(=O)CC(c1cccc(NS(=O)(=O)c2cccc(N=C(N)N)c2)c1)N(C(C)=O)c1c(C)cc(C)cc1C. The molecule has 1 amide bonds. The van der Waals surface area contributed by atoms with Gasteiger partial charge in [-0.25, -0.2) is 13.4 Å². The average Bonchev–Trinajstić information content (AvgIpc) is 2.84. The summed E-state index contributed by atoms with van der Waals surface area (Å²) in [5.74, 6) is -0.951. The van der Waals surface area contributed by atoms with E-state index in [-0.39, 0.29) is 41.2 Å². The van der Waals surface area contributed by atoms with E-state index in [1.54, 1.807) is 42.2 Å². The zero-order chi connectivity index (χ0) is 29.6. The minimum atomic E-state index is -4.03. The molecule has 40 heavy (non-hydrogen) atoms. The van der Waals surface area contributed by atoms with E-state index in [1.807, 2.05) is 32.9 Å². The van der Waals surface area contributed by atoms with Gasteiger partial charge < -0.3 is 21.1 Å². The van der Waals surface area contributed by atoms with E-state index >= 15 is 0 Å². The largest absolute Gasteiger partial charge is 0.466 e. The van der Waals surface area contributed by atoms with Gasteiger partial charge in [-0.1, -0.05) is 35.9 Å². The zero-order valence-electron chi connectivity index (χ0n) is 23.3. The lowest BCUT2D eigenvalue weighted by molar-refractivity contribution is -0.143. The summed E-state index contributed by atoms with van der Waals surface area (Å²) in [7, 11) is -4.03. The lowest BCUT2D eigenvalue weighted by Crippen LogP contribution is -2.36. The first kappa shape index (κ1) is 30.2. The van der Waals surface area contributed by atoms with Crippen LogP contribution in [0.1, 0.15) is 48.6 Å². The van der Waals surface area contributed by atoms with Crippen LogP contribution >= 0.6 is 0 Å². The van der Waals surface area contributed by atoms with Crippen molar-refractivity contribution in [2.24, 2.45) is 16.5 Å². The second kappa shape index (κ2) is 12.6. The number of benzene rings is 3. The molecule has 1 unspecified atom stereocenters. The van der Waals surface area contributed by atoms with Gasteiger partial charge in [-0.2, -0.15) is 0 Å². The number of hydrogen-bond donors (Lipinski definition) is 3. The molecular weight excluding hydrogens is 530 g/mol. The molecule has 3 rings (SSSR count). The summed E-state index contributed by atoms with van der Waals surface area (Å²) in [5.41, 5.74) is 15.4. The zero-order valence-corrected chi connectivity index (χ0v) is 24.1. The lowest BCUT2D eigenvalue weighted by Gasteiger charge is -2.33. The Hall–Kier alpha value is -4.38. The van der Waals surface area contributed by atoms with Crippen LogP contribution in [-0.4, -0.2) is 32.9 Å². The molecule has 0 fully saturated rings. The molecule has 10 nitrogen and oxygen atoms in total. The molecule has 0 heterocycles. The van der Waals surface area contributed by atoms with E-state index in [2.05, 4.69) is 9.71 Å². The van der Waals surface area contributed by atoms with Crippen LogP contribution in [0.5, 0.6) is 0 Å². The monoisotopic (exact) mass is 565 g/mol. The first-order valence-electron chi connectivity index (χ1n) is 12.7. The molecule has 11 heteroatoms. The fourth-order valence-corrected chi connectivity index (χ4v) is 5.80. The van der Waals surface area contributed by atoms with E-state index in [0.717, 1.165) is 16.7 Å². The lowest BCUT2D eigenvalue weighted by atomic mass is 9.97. The highest BCUT2D eigenvalue weighted by Crippen LogP contribution is 2.36. The minimum Gasteiger partial charge on any atom is -0.466 e. The maximum atomic E-state index is 13.2. The van der Waals surface area contributed by atoms with Crippen LogP contribution < -0.4 is 21.1 Å². The molecule has 0 spiro atoms. The number of guanidine groups is 1. The van der Waals surface area contributed by atoms with Crippen molar-refractivity contribution < 1.29 is 22.7 Å². The van der Waals surface area contributed by atoms with E-state index in [1.165, 1.54) is 25.1 Å². The molecular formula is C29H35N5O5S. The predicted molar refractivity (Wildman–Crippen MR) is 157 cm³/mol. The van der Waals surface area contributed by atoms with Crippen molar-refractivity contribution in [2.45, 2.75) is 52.0 Å². The van der Waals surface area contributed by atoms with Gasteiger partial charge in [0.25, 0.3) is 10.0 Å². The Morgan fingerprint density at radius 2 is 1.65 bits per heavy atom. The smallest absolute Gasteiger partial charge is 0.308 e. The Kier molecular flexibility index (Phi) is 9.54. The molecule has 0 aliphatic carbocycles. The minimum absolute atomic E-state index is 0.0419. The summed E-state index contributed by atoms with van der Waals surface area (Å²) in [5, 5.41) is 0. The van der Waals surface area contributed by atoms with E-state index < -0.39 is 22.0 Å². The Morgan fingerprint density at radius 3 is 2.25 bits per heavy atom. The number of carbonyl (C=O) groups excluding carboxylic acids is 2. The molecule has 3 aromatic carbocycles.